The summed E-state index contributed by atoms with van der Waals surface area (Å²) in [6.45, 7) is 2.10. The Morgan fingerprint density at radius 1 is 0.368 bits per heavy atom. The molecule has 0 aliphatic heterocycles. The van der Waals surface area contributed by atoms with E-state index in [1.807, 2.05) is 17.4 Å². The molecule has 0 bridgehead atoms. The van der Waals surface area contributed by atoms with Gasteiger partial charge < -0.3 is 4.57 Å². The van der Waals surface area contributed by atoms with E-state index in [1.54, 1.807) is 0 Å². The molecule has 11 rings (SSSR count). The molecule has 0 spiro atoms. The van der Waals surface area contributed by atoms with Gasteiger partial charge in [-0.05, 0) is 71.1 Å². The molecule has 0 amide bonds. The molecule has 3 heterocycles. The molecule has 0 aliphatic carbocycles. The molecule has 0 unspecified atom stereocenters. The molecule has 0 saturated carbocycles. The summed E-state index contributed by atoms with van der Waals surface area (Å²) in [5.74, 6) is 1.93. The number of hydrogen-bond donors (Lipinski definition) is 0. The molecule has 57 heavy (non-hydrogen) atoms. The average Bonchev–Trinajstić information content (AvgIpc) is 3.82. The fourth-order valence-electron chi connectivity index (χ4n) is 8.22. The van der Waals surface area contributed by atoms with Crippen LogP contribution in [0.25, 0.3) is 104 Å². The van der Waals surface area contributed by atoms with Crippen molar-refractivity contribution in [3.05, 3.63) is 194 Å². The van der Waals surface area contributed by atoms with E-state index in [1.165, 1.54) is 47.6 Å². The van der Waals surface area contributed by atoms with Gasteiger partial charge in [-0.2, -0.15) is 0 Å². The molecule has 0 atom stereocenters. The molecule has 3 aromatic heterocycles. The normalized spacial score (nSPS) is 11.6. The highest BCUT2D eigenvalue weighted by atomic mass is 32.1. The van der Waals surface area contributed by atoms with Gasteiger partial charge in [-0.1, -0.05) is 152 Å². The molecule has 0 radical (unpaired) electrons. The van der Waals surface area contributed by atoms with Crippen LogP contribution in [0.15, 0.2) is 188 Å². The number of para-hydroxylation sites is 2. The maximum atomic E-state index is 5.18. The van der Waals surface area contributed by atoms with Crippen LogP contribution in [0.4, 0.5) is 0 Å². The lowest BCUT2D eigenvalue weighted by atomic mass is 9.93. The number of aromatic nitrogens is 4. The Morgan fingerprint density at radius 2 is 0.912 bits per heavy atom. The van der Waals surface area contributed by atoms with E-state index in [-0.39, 0.29) is 0 Å². The number of fused-ring (bicyclic) bond motifs is 6. The van der Waals surface area contributed by atoms with Crippen molar-refractivity contribution in [2.24, 2.45) is 0 Å². The largest absolute Gasteiger partial charge is 0.309 e. The average molecular weight is 747 g/mol. The number of nitrogens with zero attached hydrogens (tertiary/aromatic N) is 4. The van der Waals surface area contributed by atoms with E-state index in [9.17, 15) is 0 Å². The first kappa shape index (κ1) is 33.2. The van der Waals surface area contributed by atoms with Crippen LogP contribution < -0.4 is 0 Å². The highest BCUT2D eigenvalue weighted by Crippen LogP contribution is 2.40. The van der Waals surface area contributed by atoms with E-state index in [2.05, 4.69) is 193 Å². The van der Waals surface area contributed by atoms with Crippen LogP contribution in [-0.4, -0.2) is 19.5 Å². The van der Waals surface area contributed by atoms with Crippen LogP contribution in [0.1, 0.15) is 5.56 Å². The molecule has 268 valence electrons. The zero-order valence-electron chi connectivity index (χ0n) is 31.1. The number of benzene rings is 8. The molecule has 0 fully saturated rings. The molecule has 5 heteroatoms. The van der Waals surface area contributed by atoms with E-state index >= 15 is 0 Å². The zero-order chi connectivity index (χ0) is 37.9. The third kappa shape index (κ3) is 5.71. The van der Waals surface area contributed by atoms with Gasteiger partial charge >= 0.3 is 0 Å². The minimum atomic E-state index is 0.635. The monoisotopic (exact) mass is 746 g/mol. The van der Waals surface area contributed by atoms with Gasteiger partial charge in [0.05, 0.1) is 11.0 Å². The minimum Gasteiger partial charge on any atom is -0.309 e. The van der Waals surface area contributed by atoms with Crippen molar-refractivity contribution in [1.82, 2.24) is 19.5 Å². The van der Waals surface area contributed by atoms with E-state index < -0.39 is 0 Å². The summed E-state index contributed by atoms with van der Waals surface area (Å²) < 4.78 is 4.95. The zero-order valence-corrected chi connectivity index (χ0v) is 31.9. The van der Waals surface area contributed by atoms with Gasteiger partial charge in [0.15, 0.2) is 17.5 Å². The number of hydrogen-bond acceptors (Lipinski definition) is 4. The van der Waals surface area contributed by atoms with Gasteiger partial charge in [0.2, 0.25) is 0 Å². The van der Waals surface area contributed by atoms with Crippen molar-refractivity contribution in [2.45, 2.75) is 6.92 Å². The quantitative estimate of drug-likeness (QED) is 0.170. The Hall–Kier alpha value is -7.21. The smallest absolute Gasteiger partial charge is 0.164 e. The predicted molar refractivity (Wildman–Crippen MR) is 239 cm³/mol. The predicted octanol–water partition coefficient (Wildman–Crippen LogP) is 14.0. The number of rotatable bonds is 6. The highest BCUT2D eigenvalue weighted by Gasteiger charge is 2.18. The van der Waals surface area contributed by atoms with Crippen LogP contribution in [0, 0.1) is 6.92 Å². The van der Waals surface area contributed by atoms with Crippen LogP contribution in [0.5, 0.6) is 0 Å². The Morgan fingerprint density at radius 3 is 1.72 bits per heavy atom. The van der Waals surface area contributed by atoms with Gasteiger partial charge in [-0.15, -0.1) is 11.3 Å². The van der Waals surface area contributed by atoms with Crippen molar-refractivity contribution in [1.29, 1.82) is 0 Å². The van der Waals surface area contributed by atoms with Gasteiger partial charge in [0.25, 0.3) is 0 Å². The molecule has 8 aromatic carbocycles. The van der Waals surface area contributed by atoms with Crippen LogP contribution in [0.2, 0.25) is 0 Å². The molecule has 4 nitrogen and oxygen atoms in total. The topological polar surface area (TPSA) is 43.6 Å². The molecule has 11 aromatic rings. The van der Waals surface area contributed by atoms with Crippen molar-refractivity contribution in [3.8, 4) is 62.1 Å². The Bertz CT molecular complexity index is 3300. The second-order valence-corrected chi connectivity index (χ2v) is 15.6. The lowest BCUT2D eigenvalue weighted by Gasteiger charge is -2.13. The maximum Gasteiger partial charge on any atom is 0.164 e. The van der Waals surface area contributed by atoms with Gasteiger partial charge in [-0.3, -0.25) is 0 Å². The minimum absolute atomic E-state index is 0.635. The lowest BCUT2D eigenvalue weighted by Crippen LogP contribution is -2.01. The summed E-state index contributed by atoms with van der Waals surface area (Å²) >= 11 is 1.85. The number of aryl methyl sites for hydroxylation is 1. The van der Waals surface area contributed by atoms with Crippen LogP contribution in [0.3, 0.4) is 0 Å². The lowest BCUT2D eigenvalue weighted by molar-refractivity contribution is 1.07. The van der Waals surface area contributed by atoms with Crippen molar-refractivity contribution in [3.63, 3.8) is 0 Å². The summed E-state index contributed by atoms with van der Waals surface area (Å²) in [7, 11) is 0. The maximum absolute atomic E-state index is 5.18. The summed E-state index contributed by atoms with van der Waals surface area (Å²) in [5.41, 5.74) is 12.1. The third-order valence-corrected chi connectivity index (χ3v) is 12.2. The number of thiophene rings is 1. The Kier molecular flexibility index (Phi) is 7.86. The van der Waals surface area contributed by atoms with Crippen LogP contribution >= 0.6 is 11.3 Å². The molecular weight excluding hydrogens is 713 g/mol. The molecule has 0 N–H and O–H groups in total. The van der Waals surface area contributed by atoms with Gasteiger partial charge in [-0.25, -0.2) is 15.0 Å². The van der Waals surface area contributed by atoms with E-state index in [4.69, 9.17) is 15.0 Å². The van der Waals surface area contributed by atoms with Crippen molar-refractivity contribution < 1.29 is 0 Å². The third-order valence-electron chi connectivity index (χ3n) is 11.0. The summed E-state index contributed by atoms with van der Waals surface area (Å²) in [6.07, 6.45) is 0. The van der Waals surface area contributed by atoms with E-state index in [0.29, 0.717) is 17.5 Å². The fourth-order valence-corrected chi connectivity index (χ4v) is 9.37. The highest BCUT2D eigenvalue weighted by molar-refractivity contribution is 7.25. The molecule has 0 aliphatic rings. The second-order valence-electron chi connectivity index (χ2n) is 14.5. The molecular formula is C52H34N4S. The molecule has 0 saturated heterocycles. The van der Waals surface area contributed by atoms with Crippen molar-refractivity contribution in [2.75, 3.05) is 0 Å². The fraction of sp³-hybridized carbons (Fsp3) is 0.0192. The van der Waals surface area contributed by atoms with E-state index in [0.717, 1.165) is 44.5 Å². The first-order valence-corrected chi connectivity index (χ1v) is 20.0. The van der Waals surface area contributed by atoms with Gasteiger partial charge in [0.1, 0.15) is 0 Å². The summed E-state index contributed by atoms with van der Waals surface area (Å²) in [6, 6.07) is 66.8. The summed E-state index contributed by atoms with van der Waals surface area (Å²) in [4.78, 5) is 15.4. The van der Waals surface area contributed by atoms with Crippen LogP contribution in [-0.2, 0) is 0 Å². The first-order valence-electron chi connectivity index (χ1n) is 19.2. The first-order chi connectivity index (χ1) is 28.2. The summed E-state index contributed by atoms with van der Waals surface area (Å²) in [5, 5.41) is 5.02. The Labute approximate surface area is 334 Å². The second kappa shape index (κ2) is 13.5. The SMILES string of the molecule is Cc1ccccc1-c1nc(-c2ccc(-c3ccccc3-c3ccc4c(c3)sc3ccccc34)cc2)nc(-c2ccc3c4ccccc4n(-c4ccccc4)c3c2)n1. The Balaban J connectivity index is 1.02. The van der Waals surface area contributed by atoms with Crippen molar-refractivity contribution >= 4 is 53.3 Å². The van der Waals surface area contributed by atoms with Gasteiger partial charge in [0, 0.05) is 53.3 Å². The standard InChI is InChI=1S/C52H34N4S/c1-33-13-5-6-16-39(33)52-54-50(53-51(55-52)37-28-29-43-42-19-9-11-21-46(42)56(47(43)31-37)38-14-3-2-4-15-38)35-25-23-34(24-26-35)40-17-7-8-18-41(40)36-27-30-45-44-20-10-12-22-48(44)57-49(45)32-36/h2-32H,1H3.